The standard InChI is InChI=1S/C14H17NO3S/c1-14(7-4-8-19-14)13(18)15-11-6-3-2-5-10(11)9-12(16)17/h2-3,5-6H,4,7-9H2,1H3,(H,15,18)(H,16,17). The number of thioether (sulfide) groups is 1. The molecule has 0 aromatic heterocycles. The Balaban J connectivity index is 2.14. The molecule has 1 unspecified atom stereocenters. The second kappa shape index (κ2) is 5.65. The van der Waals surface area contributed by atoms with E-state index in [4.69, 9.17) is 5.11 Å². The van der Waals surface area contributed by atoms with Crippen LogP contribution in [0.4, 0.5) is 5.69 Å². The van der Waals surface area contributed by atoms with Crippen molar-refractivity contribution in [3.8, 4) is 0 Å². The van der Waals surface area contributed by atoms with Gasteiger partial charge < -0.3 is 10.4 Å². The number of benzene rings is 1. The molecule has 102 valence electrons. The summed E-state index contributed by atoms with van der Waals surface area (Å²) in [5, 5.41) is 11.7. The molecule has 19 heavy (non-hydrogen) atoms. The van der Waals surface area contributed by atoms with Gasteiger partial charge in [-0.05, 0) is 37.1 Å². The van der Waals surface area contributed by atoms with Crippen LogP contribution in [0.15, 0.2) is 24.3 Å². The molecule has 0 spiro atoms. The van der Waals surface area contributed by atoms with E-state index in [9.17, 15) is 9.59 Å². The Labute approximate surface area is 116 Å². The van der Waals surface area contributed by atoms with Crippen molar-refractivity contribution in [1.29, 1.82) is 0 Å². The molecule has 0 bridgehead atoms. The predicted molar refractivity (Wildman–Crippen MR) is 76.5 cm³/mol. The number of aliphatic carboxylic acids is 1. The minimum absolute atomic E-state index is 0.0344. The predicted octanol–water partition coefficient (Wildman–Crippen LogP) is 2.54. The molecule has 2 rings (SSSR count). The van der Waals surface area contributed by atoms with Gasteiger partial charge in [0, 0.05) is 5.69 Å². The van der Waals surface area contributed by atoms with Crippen molar-refractivity contribution in [1.82, 2.24) is 0 Å². The maximum absolute atomic E-state index is 12.3. The van der Waals surface area contributed by atoms with Gasteiger partial charge in [-0.25, -0.2) is 0 Å². The lowest BCUT2D eigenvalue weighted by Gasteiger charge is -2.22. The largest absolute Gasteiger partial charge is 0.481 e. The van der Waals surface area contributed by atoms with Crippen molar-refractivity contribution in [3.63, 3.8) is 0 Å². The van der Waals surface area contributed by atoms with Crippen LogP contribution in [0.1, 0.15) is 25.3 Å². The van der Waals surface area contributed by atoms with E-state index in [-0.39, 0.29) is 12.3 Å². The van der Waals surface area contributed by atoms with Crippen molar-refractivity contribution in [2.45, 2.75) is 30.9 Å². The molecule has 1 aromatic rings. The zero-order chi connectivity index (χ0) is 13.9. The van der Waals surface area contributed by atoms with Crippen LogP contribution in [-0.2, 0) is 16.0 Å². The number of carbonyl (C=O) groups is 2. The third kappa shape index (κ3) is 3.29. The number of carboxylic acid groups (broad SMARTS) is 1. The fraction of sp³-hybridized carbons (Fsp3) is 0.429. The van der Waals surface area contributed by atoms with E-state index >= 15 is 0 Å². The summed E-state index contributed by atoms with van der Waals surface area (Å²) in [6, 6.07) is 7.05. The summed E-state index contributed by atoms with van der Waals surface area (Å²) in [7, 11) is 0. The van der Waals surface area contributed by atoms with Gasteiger partial charge in [0.1, 0.15) is 0 Å². The van der Waals surface area contributed by atoms with E-state index in [1.54, 1.807) is 36.0 Å². The fourth-order valence-electron chi connectivity index (χ4n) is 2.17. The molecular formula is C14H17NO3S. The van der Waals surface area contributed by atoms with E-state index in [0.29, 0.717) is 11.3 Å². The Bertz CT molecular complexity index is 495. The maximum atomic E-state index is 12.3. The molecule has 4 nitrogen and oxygen atoms in total. The second-order valence-electron chi connectivity index (χ2n) is 4.86. The van der Waals surface area contributed by atoms with E-state index < -0.39 is 10.7 Å². The normalized spacial score (nSPS) is 22.2. The smallest absolute Gasteiger partial charge is 0.307 e. The van der Waals surface area contributed by atoms with E-state index in [2.05, 4.69) is 5.32 Å². The second-order valence-corrected chi connectivity index (χ2v) is 6.46. The number of carbonyl (C=O) groups excluding carboxylic acids is 1. The number of rotatable bonds is 4. The topological polar surface area (TPSA) is 66.4 Å². The van der Waals surface area contributed by atoms with Gasteiger partial charge in [0.15, 0.2) is 0 Å². The van der Waals surface area contributed by atoms with Gasteiger partial charge >= 0.3 is 5.97 Å². The lowest BCUT2D eigenvalue weighted by atomic mass is 10.0. The minimum atomic E-state index is -0.900. The first-order chi connectivity index (χ1) is 9.01. The first kappa shape index (κ1) is 13.9. The zero-order valence-corrected chi connectivity index (χ0v) is 11.6. The Morgan fingerprint density at radius 2 is 2.16 bits per heavy atom. The third-order valence-electron chi connectivity index (χ3n) is 3.31. The molecule has 1 heterocycles. The molecule has 1 aliphatic heterocycles. The molecule has 1 amide bonds. The molecule has 1 fully saturated rings. The number of para-hydroxylation sites is 1. The van der Waals surface area contributed by atoms with Gasteiger partial charge in [-0.1, -0.05) is 18.2 Å². The first-order valence-corrected chi connectivity index (χ1v) is 7.25. The van der Waals surface area contributed by atoms with Gasteiger partial charge in [0.2, 0.25) is 5.91 Å². The molecule has 5 heteroatoms. The highest BCUT2D eigenvalue weighted by Crippen LogP contribution is 2.38. The van der Waals surface area contributed by atoms with Crippen molar-refractivity contribution < 1.29 is 14.7 Å². The van der Waals surface area contributed by atoms with Gasteiger partial charge in [0.05, 0.1) is 11.2 Å². The summed E-state index contributed by atoms with van der Waals surface area (Å²) in [6.07, 6.45) is 1.83. The number of hydrogen-bond donors (Lipinski definition) is 2. The van der Waals surface area contributed by atoms with E-state index in [1.807, 2.05) is 6.92 Å². The number of carboxylic acids is 1. The molecule has 1 aromatic carbocycles. The minimum Gasteiger partial charge on any atom is -0.481 e. The Kier molecular flexibility index (Phi) is 4.14. The lowest BCUT2D eigenvalue weighted by molar-refractivity contribution is -0.136. The molecule has 1 atom stereocenters. The van der Waals surface area contributed by atoms with Gasteiger partial charge in [0.25, 0.3) is 0 Å². The summed E-state index contributed by atoms with van der Waals surface area (Å²) in [6.45, 7) is 1.94. The molecule has 2 N–H and O–H groups in total. The van der Waals surface area contributed by atoms with Crippen molar-refractivity contribution >= 4 is 29.3 Å². The van der Waals surface area contributed by atoms with Crippen LogP contribution in [0, 0.1) is 0 Å². The van der Waals surface area contributed by atoms with Gasteiger partial charge in [-0.3, -0.25) is 9.59 Å². The highest BCUT2D eigenvalue weighted by atomic mass is 32.2. The van der Waals surface area contributed by atoms with Crippen LogP contribution in [0.3, 0.4) is 0 Å². The van der Waals surface area contributed by atoms with Crippen LogP contribution >= 0.6 is 11.8 Å². The average Bonchev–Trinajstić information content (AvgIpc) is 2.79. The van der Waals surface area contributed by atoms with Crippen LogP contribution in [-0.4, -0.2) is 27.5 Å². The number of nitrogens with one attached hydrogen (secondary N) is 1. The van der Waals surface area contributed by atoms with Gasteiger partial charge in [-0.2, -0.15) is 0 Å². The molecule has 1 saturated heterocycles. The average molecular weight is 279 g/mol. The molecular weight excluding hydrogens is 262 g/mol. The monoisotopic (exact) mass is 279 g/mol. The summed E-state index contributed by atoms with van der Waals surface area (Å²) in [4.78, 5) is 23.1. The number of hydrogen-bond acceptors (Lipinski definition) is 3. The summed E-state index contributed by atoms with van der Waals surface area (Å²) in [5.74, 6) is 0.0664. The fourth-order valence-corrected chi connectivity index (χ4v) is 3.38. The van der Waals surface area contributed by atoms with Crippen molar-refractivity contribution in [2.75, 3.05) is 11.1 Å². The molecule has 0 saturated carbocycles. The molecule has 0 radical (unpaired) electrons. The Morgan fingerprint density at radius 1 is 1.42 bits per heavy atom. The Morgan fingerprint density at radius 3 is 2.79 bits per heavy atom. The van der Waals surface area contributed by atoms with Crippen molar-refractivity contribution in [3.05, 3.63) is 29.8 Å². The quantitative estimate of drug-likeness (QED) is 0.889. The van der Waals surface area contributed by atoms with Crippen LogP contribution in [0.5, 0.6) is 0 Å². The van der Waals surface area contributed by atoms with Crippen molar-refractivity contribution in [2.24, 2.45) is 0 Å². The van der Waals surface area contributed by atoms with Crippen LogP contribution < -0.4 is 5.32 Å². The lowest BCUT2D eigenvalue weighted by Crippen LogP contribution is -2.35. The summed E-state index contributed by atoms with van der Waals surface area (Å²) < 4.78 is -0.393. The molecule has 0 aliphatic carbocycles. The summed E-state index contributed by atoms with van der Waals surface area (Å²) >= 11 is 1.66. The first-order valence-electron chi connectivity index (χ1n) is 6.26. The summed E-state index contributed by atoms with van der Waals surface area (Å²) in [5.41, 5.74) is 1.23. The third-order valence-corrected chi connectivity index (χ3v) is 4.83. The van der Waals surface area contributed by atoms with Crippen LogP contribution in [0.2, 0.25) is 0 Å². The van der Waals surface area contributed by atoms with E-state index in [0.717, 1.165) is 18.6 Å². The van der Waals surface area contributed by atoms with Crippen LogP contribution in [0.25, 0.3) is 0 Å². The number of amides is 1. The Hall–Kier alpha value is -1.49. The number of anilines is 1. The highest BCUT2D eigenvalue weighted by Gasteiger charge is 2.37. The highest BCUT2D eigenvalue weighted by molar-refractivity contribution is 8.01. The SMILES string of the molecule is CC1(C(=O)Nc2ccccc2CC(=O)O)CCCS1. The zero-order valence-electron chi connectivity index (χ0n) is 10.8. The van der Waals surface area contributed by atoms with Gasteiger partial charge in [-0.15, -0.1) is 11.8 Å². The van der Waals surface area contributed by atoms with E-state index in [1.165, 1.54) is 0 Å². The maximum Gasteiger partial charge on any atom is 0.307 e. The molecule has 1 aliphatic rings.